The average Bonchev–Trinajstić information content (AvgIpc) is 2.62. The Morgan fingerprint density at radius 3 is 2.52 bits per heavy atom. The third-order valence-electron chi connectivity index (χ3n) is 3.80. The van der Waals surface area contributed by atoms with E-state index in [4.69, 9.17) is 9.47 Å². The standard InChI is InChI=1S/C19H20FNO3S/c1-13-18(24-17-6-3-2-5-16(17)23-13)19(22)21-11-4-12-25-15-9-7-14(20)8-10-15/h2-3,5-10,13,18H,4,11-12H2,1H3,(H,21,22). The Labute approximate surface area is 150 Å². The molecule has 1 heterocycles. The van der Waals surface area contributed by atoms with Crippen LogP contribution in [0.1, 0.15) is 13.3 Å². The lowest BCUT2D eigenvalue weighted by atomic mass is 10.1. The Bertz CT molecular complexity index is 723. The molecule has 0 bridgehead atoms. The van der Waals surface area contributed by atoms with Gasteiger partial charge in [-0.2, -0.15) is 0 Å². The van der Waals surface area contributed by atoms with Gasteiger partial charge >= 0.3 is 0 Å². The van der Waals surface area contributed by atoms with Crippen LogP contribution in [0, 0.1) is 5.82 Å². The molecule has 0 aromatic heterocycles. The SMILES string of the molecule is CC1Oc2ccccc2OC1C(=O)NCCCSc1ccc(F)cc1. The van der Waals surface area contributed by atoms with E-state index < -0.39 is 6.10 Å². The largest absolute Gasteiger partial charge is 0.482 e. The van der Waals surface area contributed by atoms with Crippen LogP contribution in [0.3, 0.4) is 0 Å². The predicted octanol–water partition coefficient (Wildman–Crippen LogP) is 3.65. The van der Waals surface area contributed by atoms with E-state index in [1.807, 2.05) is 25.1 Å². The number of hydrogen-bond acceptors (Lipinski definition) is 4. The van der Waals surface area contributed by atoms with Crippen molar-refractivity contribution in [1.82, 2.24) is 5.32 Å². The average molecular weight is 361 g/mol. The van der Waals surface area contributed by atoms with Gasteiger partial charge in [-0.15, -0.1) is 11.8 Å². The van der Waals surface area contributed by atoms with Gasteiger partial charge in [0.25, 0.3) is 5.91 Å². The fraction of sp³-hybridized carbons (Fsp3) is 0.316. The molecule has 2 aromatic rings. The van der Waals surface area contributed by atoms with Crippen molar-refractivity contribution in [3.05, 3.63) is 54.3 Å². The molecule has 25 heavy (non-hydrogen) atoms. The maximum Gasteiger partial charge on any atom is 0.265 e. The Kier molecular flexibility index (Phi) is 5.81. The Balaban J connectivity index is 1.41. The molecule has 2 atom stereocenters. The molecule has 1 aliphatic heterocycles. The van der Waals surface area contributed by atoms with Crippen molar-refractivity contribution in [2.45, 2.75) is 30.4 Å². The lowest BCUT2D eigenvalue weighted by Crippen LogP contribution is -2.49. The van der Waals surface area contributed by atoms with Gasteiger partial charge in [-0.25, -0.2) is 4.39 Å². The molecule has 1 N–H and O–H groups in total. The zero-order valence-electron chi connectivity index (χ0n) is 13.9. The highest BCUT2D eigenvalue weighted by atomic mass is 32.2. The van der Waals surface area contributed by atoms with Crippen LogP contribution in [0.5, 0.6) is 11.5 Å². The molecule has 132 valence electrons. The number of hydrogen-bond donors (Lipinski definition) is 1. The van der Waals surface area contributed by atoms with Crippen molar-refractivity contribution in [2.75, 3.05) is 12.3 Å². The van der Waals surface area contributed by atoms with Gasteiger partial charge in [0, 0.05) is 11.4 Å². The van der Waals surface area contributed by atoms with E-state index in [0.29, 0.717) is 18.0 Å². The van der Waals surface area contributed by atoms with Crippen LogP contribution in [0.15, 0.2) is 53.4 Å². The Morgan fingerprint density at radius 1 is 1.12 bits per heavy atom. The van der Waals surface area contributed by atoms with Crippen LogP contribution in [0.4, 0.5) is 4.39 Å². The fourth-order valence-electron chi connectivity index (χ4n) is 2.51. The van der Waals surface area contributed by atoms with Gasteiger partial charge in [0.15, 0.2) is 11.5 Å². The summed E-state index contributed by atoms with van der Waals surface area (Å²) in [4.78, 5) is 13.3. The van der Waals surface area contributed by atoms with Crippen molar-refractivity contribution >= 4 is 17.7 Å². The van der Waals surface area contributed by atoms with Gasteiger partial charge in [0.2, 0.25) is 6.10 Å². The molecule has 0 fully saturated rings. The summed E-state index contributed by atoms with van der Waals surface area (Å²) in [6.45, 7) is 2.38. The lowest BCUT2D eigenvalue weighted by molar-refractivity contribution is -0.133. The highest BCUT2D eigenvalue weighted by Crippen LogP contribution is 2.33. The first-order chi connectivity index (χ1) is 12.1. The van der Waals surface area contributed by atoms with Gasteiger partial charge < -0.3 is 14.8 Å². The molecule has 1 amide bonds. The number of rotatable bonds is 6. The summed E-state index contributed by atoms with van der Waals surface area (Å²) in [5.74, 6) is 1.69. The first-order valence-corrected chi connectivity index (χ1v) is 9.20. The highest BCUT2D eigenvalue weighted by Gasteiger charge is 2.33. The smallest absolute Gasteiger partial charge is 0.265 e. The van der Waals surface area contributed by atoms with Crippen molar-refractivity contribution in [3.8, 4) is 11.5 Å². The van der Waals surface area contributed by atoms with Crippen LogP contribution in [-0.2, 0) is 4.79 Å². The number of amides is 1. The van der Waals surface area contributed by atoms with E-state index >= 15 is 0 Å². The van der Waals surface area contributed by atoms with Crippen LogP contribution in [-0.4, -0.2) is 30.4 Å². The van der Waals surface area contributed by atoms with Crippen LogP contribution >= 0.6 is 11.8 Å². The Morgan fingerprint density at radius 2 is 1.80 bits per heavy atom. The maximum absolute atomic E-state index is 12.8. The van der Waals surface area contributed by atoms with Crippen LogP contribution < -0.4 is 14.8 Å². The third kappa shape index (κ3) is 4.66. The zero-order valence-corrected chi connectivity index (χ0v) is 14.7. The van der Waals surface area contributed by atoms with E-state index in [0.717, 1.165) is 17.1 Å². The summed E-state index contributed by atoms with van der Waals surface area (Å²) in [7, 11) is 0. The molecule has 1 aliphatic rings. The molecular weight excluding hydrogens is 341 g/mol. The summed E-state index contributed by atoms with van der Waals surface area (Å²) in [6.07, 6.45) is -0.185. The van der Waals surface area contributed by atoms with E-state index in [2.05, 4.69) is 5.32 Å². The molecule has 2 aromatic carbocycles. The molecule has 0 saturated carbocycles. The fourth-order valence-corrected chi connectivity index (χ4v) is 3.36. The molecule has 3 rings (SSSR count). The number of benzene rings is 2. The molecule has 0 spiro atoms. The molecular formula is C19H20FNO3S. The minimum atomic E-state index is -0.653. The monoisotopic (exact) mass is 361 g/mol. The minimum Gasteiger partial charge on any atom is -0.482 e. The van der Waals surface area contributed by atoms with Gasteiger partial charge in [-0.05, 0) is 55.5 Å². The number of thioether (sulfide) groups is 1. The van der Waals surface area contributed by atoms with Crippen molar-refractivity contribution in [2.24, 2.45) is 0 Å². The van der Waals surface area contributed by atoms with Crippen molar-refractivity contribution in [3.63, 3.8) is 0 Å². The number of fused-ring (bicyclic) bond motifs is 1. The van der Waals surface area contributed by atoms with Gasteiger partial charge in [-0.1, -0.05) is 12.1 Å². The van der Waals surface area contributed by atoms with Crippen LogP contribution in [0.2, 0.25) is 0 Å². The number of carbonyl (C=O) groups excluding carboxylic acids is 1. The molecule has 2 unspecified atom stereocenters. The predicted molar refractivity (Wildman–Crippen MR) is 95.7 cm³/mol. The maximum atomic E-state index is 12.8. The van der Waals surface area contributed by atoms with Crippen molar-refractivity contribution in [1.29, 1.82) is 0 Å². The third-order valence-corrected chi connectivity index (χ3v) is 4.90. The molecule has 0 aliphatic carbocycles. The summed E-state index contributed by atoms with van der Waals surface area (Å²) >= 11 is 1.63. The van der Waals surface area contributed by atoms with Gasteiger partial charge in [-0.3, -0.25) is 4.79 Å². The second-order valence-electron chi connectivity index (χ2n) is 5.76. The normalized spacial score (nSPS) is 18.6. The number of nitrogens with one attached hydrogen (secondary N) is 1. The van der Waals surface area contributed by atoms with Crippen molar-refractivity contribution < 1.29 is 18.7 Å². The van der Waals surface area contributed by atoms with E-state index in [1.54, 1.807) is 30.0 Å². The summed E-state index contributed by atoms with van der Waals surface area (Å²) in [5.41, 5.74) is 0. The topological polar surface area (TPSA) is 47.6 Å². The van der Waals surface area contributed by atoms with E-state index in [9.17, 15) is 9.18 Å². The number of carbonyl (C=O) groups is 1. The lowest BCUT2D eigenvalue weighted by Gasteiger charge is -2.31. The second-order valence-corrected chi connectivity index (χ2v) is 6.92. The summed E-state index contributed by atoms with van der Waals surface area (Å²) < 4.78 is 24.3. The minimum absolute atomic E-state index is 0.172. The first-order valence-electron chi connectivity index (χ1n) is 8.22. The number of para-hydroxylation sites is 2. The quantitative estimate of drug-likeness (QED) is 0.630. The van der Waals surface area contributed by atoms with E-state index in [-0.39, 0.29) is 17.8 Å². The Hall–Kier alpha value is -2.21. The van der Waals surface area contributed by atoms with Gasteiger partial charge in [0.05, 0.1) is 0 Å². The number of ether oxygens (including phenoxy) is 2. The highest BCUT2D eigenvalue weighted by molar-refractivity contribution is 7.99. The number of halogens is 1. The second kappa shape index (κ2) is 8.25. The van der Waals surface area contributed by atoms with Gasteiger partial charge in [0.1, 0.15) is 11.9 Å². The first kappa shape index (κ1) is 17.6. The van der Waals surface area contributed by atoms with Crippen LogP contribution in [0.25, 0.3) is 0 Å². The molecule has 6 heteroatoms. The zero-order chi connectivity index (χ0) is 17.6. The summed E-state index contributed by atoms with van der Waals surface area (Å²) in [6, 6.07) is 13.7. The molecule has 4 nitrogen and oxygen atoms in total. The van der Waals surface area contributed by atoms with E-state index in [1.165, 1.54) is 12.1 Å². The molecule has 0 radical (unpaired) electrons. The molecule has 0 saturated heterocycles. The summed E-state index contributed by atoms with van der Waals surface area (Å²) in [5, 5.41) is 2.89.